The Bertz CT molecular complexity index is 2440. The second kappa shape index (κ2) is 42.3. The average Bonchev–Trinajstić information content (AvgIpc) is 2.03. The van der Waals surface area contributed by atoms with Gasteiger partial charge in [-0.3, -0.25) is 24.6 Å². The number of fused-ring (bicyclic) bond motifs is 2. The van der Waals surface area contributed by atoms with Crippen molar-refractivity contribution >= 4 is 63.8 Å². The third-order valence-electron chi connectivity index (χ3n) is 10.1. The number of rotatable bonds is 9. The van der Waals surface area contributed by atoms with Crippen LogP contribution < -0.4 is 52.5 Å². The normalized spacial score (nSPS) is 13.8. The van der Waals surface area contributed by atoms with Crippen molar-refractivity contribution in [1.82, 2.24) is 45.6 Å². The number of H-pyrrole nitrogens is 2. The third kappa shape index (κ3) is 38.2. The maximum Gasteiger partial charge on any atom is 1.00 e. The van der Waals surface area contributed by atoms with E-state index in [1.165, 1.54) is 21.6 Å². The van der Waals surface area contributed by atoms with Gasteiger partial charge in [-0.15, -0.1) is 12.2 Å². The number of nitrogens with one attached hydrogen (secondary N) is 3. The number of hydrogen-bond donors (Lipinski definition) is 7. The molecule has 474 valence electrons. The van der Waals surface area contributed by atoms with Crippen LogP contribution in [0.1, 0.15) is 140 Å². The minimum Gasteiger partial charge on any atom is -1.00 e. The number of nitrogen functional groups attached to an aromatic ring is 1. The number of nitrogens with zero attached hydrogens (tertiary/aromatic N) is 9. The number of likely N-dealkylation sites (tertiary alicyclic amines) is 1. The predicted octanol–water partition coefficient (Wildman–Crippen LogP) is 4.09. The molecule has 0 aromatic carbocycles. The van der Waals surface area contributed by atoms with Gasteiger partial charge in [-0.2, -0.15) is 15.5 Å². The van der Waals surface area contributed by atoms with Gasteiger partial charge in [-0.25, -0.2) is 36.4 Å². The van der Waals surface area contributed by atoms with E-state index < -0.39 is 40.5 Å². The molecule has 1 saturated heterocycles. The number of piperidine rings is 1. The molecule has 5 rings (SSSR count). The molecule has 85 heavy (non-hydrogen) atoms. The summed E-state index contributed by atoms with van der Waals surface area (Å²) in [4.78, 5) is 92.3. The molecule has 10 N–H and O–H groups in total. The number of esters is 2. The summed E-state index contributed by atoms with van der Waals surface area (Å²) in [5, 5.41) is 29.7. The summed E-state index contributed by atoms with van der Waals surface area (Å²) in [7, 11) is 0. The maximum atomic E-state index is 11.9. The molecule has 31 heteroatoms. The Kier molecular flexibility index (Phi) is 41.1. The van der Waals surface area contributed by atoms with E-state index in [2.05, 4.69) is 63.2 Å². The van der Waals surface area contributed by atoms with Gasteiger partial charge in [-0.1, -0.05) is 0 Å². The van der Waals surface area contributed by atoms with Crippen molar-refractivity contribution in [2.24, 2.45) is 17.5 Å². The summed E-state index contributed by atoms with van der Waals surface area (Å²) in [5.74, 6) is 3.24. The molecule has 1 fully saturated rings. The summed E-state index contributed by atoms with van der Waals surface area (Å²) in [6, 6.07) is 1.90. The fraction of sp³-hybridized carbons (Fsp3) is 0.667. The molecule has 0 saturated carbocycles. The molecule has 2 aromatic heterocycles. The molecule has 2 aromatic rings. The molecule has 5 heterocycles. The van der Waals surface area contributed by atoms with Crippen molar-refractivity contribution < 1.29 is 98.2 Å². The number of ketones is 1. The molecule has 29 nitrogen and oxygen atoms in total. The number of Topliss-reactive ketones (excluding diaryl/α,β-unsaturated/α-hetero) is 1. The van der Waals surface area contributed by atoms with Crippen LogP contribution in [0.4, 0.5) is 25.0 Å². The second-order valence-corrected chi connectivity index (χ2v) is 22.6. The number of aromatic amines is 2. The maximum absolute atomic E-state index is 11.9. The van der Waals surface area contributed by atoms with E-state index in [1.54, 1.807) is 65.2 Å². The summed E-state index contributed by atoms with van der Waals surface area (Å²) < 4.78 is 31.2. The number of carbonyl (C=O) groups is 7. The van der Waals surface area contributed by atoms with Gasteiger partial charge < -0.3 is 71.0 Å². The number of ether oxygens (including phenoxy) is 6. The number of nitrogens with two attached hydrogens (primary N) is 3. The van der Waals surface area contributed by atoms with Crippen LogP contribution in [0.2, 0.25) is 0 Å². The number of nitriles is 1. The Morgan fingerprint density at radius 1 is 0.788 bits per heavy atom. The quantitative estimate of drug-likeness (QED) is 0.0464. The first-order valence-corrected chi connectivity index (χ1v) is 27.6. The van der Waals surface area contributed by atoms with Crippen LogP contribution >= 0.6 is 15.9 Å². The number of aromatic nitrogens is 4. The Morgan fingerprint density at radius 3 is 1.61 bits per heavy atom. The first kappa shape index (κ1) is 82.7. The summed E-state index contributed by atoms with van der Waals surface area (Å²) >= 11 is 3.37. The third-order valence-corrected chi connectivity index (χ3v) is 10.8. The van der Waals surface area contributed by atoms with Crippen molar-refractivity contribution in [2.75, 3.05) is 71.3 Å². The van der Waals surface area contributed by atoms with E-state index in [1.807, 2.05) is 47.6 Å². The van der Waals surface area contributed by atoms with Crippen molar-refractivity contribution in [3.05, 3.63) is 62.7 Å². The average molecular weight is 1280 g/mol. The zero-order valence-corrected chi connectivity index (χ0v) is 55.9. The number of carbonyl (C=O) groups excluding carboxylic acids is 7. The van der Waals surface area contributed by atoms with Crippen molar-refractivity contribution in [2.45, 2.75) is 165 Å². The van der Waals surface area contributed by atoms with Crippen molar-refractivity contribution in [1.29, 1.82) is 5.26 Å². The molecule has 3 aliphatic rings. The molecule has 0 aliphatic carbocycles. The van der Waals surface area contributed by atoms with Gasteiger partial charge in [0.15, 0.2) is 5.78 Å². The molecule has 0 radical (unpaired) electrons. The fourth-order valence-corrected chi connectivity index (χ4v) is 7.04. The Morgan fingerprint density at radius 2 is 1.20 bits per heavy atom. The van der Waals surface area contributed by atoms with E-state index in [0.29, 0.717) is 64.7 Å². The van der Waals surface area contributed by atoms with Gasteiger partial charge in [-0.05, 0) is 113 Å². The minimum atomic E-state index is -0.707. The van der Waals surface area contributed by atoms with Gasteiger partial charge in [0.25, 0.3) is 0 Å². The second-order valence-electron chi connectivity index (χ2n) is 21.9. The van der Waals surface area contributed by atoms with Crippen LogP contribution in [0.25, 0.3) is 9.69 Å². The predicted molar refractivity (Wildman–Crippen MR) is 314 cm³/mol. The van der Waals surface area contributed by atoms with Crippen LogP contribution in [-0.2, 0) is 68.7 Å². The number of halogens is 1. The number of hydrazine groups is 1. The van der Waals surface area contributed by atoms with Gasteiger partial charge in [0.1, 0.15) is 44.9 Å². The minimum absolute atomic E-state index is 0. The molecule has 0 spiro atoms. The summed E-state index contributed by atoms with van der Waals surface area (Å²) in [5.41, 5.74) is 14.0. The first-order valence-electron chi connectivity index (χ1n) is 26.8. The van der Waals surface area contributed by atoms with E-state index in [-0.39, 0.29) is 99.9 Å². The number of hydrogen-bond acceptors (Lipinski definition) is 21. The van der Waals surface area contributed by atoms with Gasteiger partial charge >= 0.3 is 65.9 Å². The van der Waals surface area contributed by atoms with Crippen molar-refractivity contribution in [3.8, 4) is 6.07 Å². The fourth-order valence-electron chi connectivity index (χ4n) is 6.58. The molecule has 0 bridgehead atoms. The Hall–Kier alpha value is -6.56. The first-order chi connectivity index (χ1) is 39.0. The molecule has 1 unspecified atom stereocenters. The zero-order valence-electron chi connectivity index (χ0n) is 53.3. The smallest absolute Gasteiger partial charge is 1.00 e. The molecular weight excluding hydrogens is 1190 g/mol. The molecule has 3 aliphatic heterocycles. The monoisotopic (exact) mass is 1280 g/mol. The summed E-state index contributed by atoms with van der Waals surface area (Å²) in [6.07, 6.45) is 1.81. The van der Waals surface area contributed by atoms with Gasteiger partial charge in [0, 0.05) is 81.0 Å². The number of amides is 4. The van der Waals surface area contributed by atoms with Crippen LogP contribution in [0.5, 0.6) is 0 Å². The number of anilines is 1. The molecule has 4 amide bonds. The standard InChI is InChI=1S/C13H22N2O4.C11H16BrN3O2.C11H18N4O2.C11H16N2O3.C5H11NO2.C3H3N.H4N2O.Na.H/c1-6-18-11(16)7-9-15(10-8-14-5)12(17)19-13(2,3)4;2*1-11(2,3)17-10(16)15-5-4-8-7(6-15)9(12)14-13-8;1-11(2,3)16-10(15)13-5-4-9(14)8(6-12)7-13;1-2-8-5(7)3-4-6;1-3-4-2;1-2-3;;/h6-10H2,1-4H3;4-6H2,1-3H3,(H,13,14);4-6H2,1-3H3,(H3,12,13,14);8H,4-5,7H2,1-3H3;2-4,6H2,1H3;3H,1H2;2-3H,1H2;;/q;;;;;;;+1;-1. The zero-order chi connectivity index (χ0) is 65.0. The topological polar surface area (TPSA) is 388 Å². The van der Waals surface area contributed by atoms with Gasteiger partial charge in [0.2, 0.25) is 6.54 Å². The molecule has 1 atom stereocenters. The van der Waals surface area contributed by atoms with Crippen LogP contribution in [0.15, 0.2) is 17.4 Å². The summed E-state index contributed by atoms with van der Waals surface area (Å²) in [6.45, 7) is 45.7. The van der Waals surface area contributed by atoms with E-state index >= 15 is 0 Å². The van der Waals surface area contributed by atoms with Crippen molar-refractivity contribution in [3.63, 3.8) is 0 Å². The van der Waals surface area contributed by atoms with E-state index in [4.69, 9.17) is 58.8 Å². The SMILES string of the molecule is CC(C)(C)OC(=O)N1CCC(=O)C(C#N)C1.CC(C)(C)OC(=O)N1CCc2[nH]nc(Br)c2C1.CC(C)(C)OC(=O)N1CCc2[nH]nc(N)c2C1.CCOC(=O)CCN.NNO.[C-]#[N+]C=C.[C-]#[N+]CCN(CCC(=O)OCC)C(=O)OC(C)(C)C.[H-].[Na+]. The largest absolute Gasteiger partial charge is 1.00 e. The Balaban J connectivity index is -0.000000479. The van der Waals surface area contributed by atoms with Crippen LogP contribution in [0.3, 0.4) is 0 Å². The van der Waals surface area contributed by atoms with E-state index in [9.17, 15) is 33.6 Å². The van der Waals surface area contributed by atoms with E-state index in [0.717, 1.165) is 40.0 Å². The van der Waals surface area contributed by atoms with Gasteiger partial charge in [0.05, 0.1) is 58.3 Å². The van der Waals surface area contributed by atoms with Crippen LogP contribution in [0, 0.1) is 30.4 Å². The molecular formula is C54H91BrN15NaO14. The Labute approximate surface area is 532 Å². The van der Waals surface area contributed by atoms with Crippen LogP contribution in [-0.4, -0.2) is 175 Å².